The first kappa shape index (κ1) is 19.8. The largest absolute Gasteiger partial charge is 0.324 e. The van der Waals surface area contributed by atoms with Crippen LogP contribution < -0.4 is 10.9 Å². The average Bonchev–Trinajstić information content (AvgIpc) is 3.11. The number of aromatic nitrogens is 3. The van der Waals surface area contributed by atoms with E-state index in [1.54, 1.807) is 8.97 Å². The molecule has 158 valence electrons. The minimum atomic E-state index is -0.182. The number of hydrogen-bond donors (Lipinski definition) is 1. The molecule has 0 fully saturated rings. The van der Waals surface area contributed by atoms with Crippen LogP contribution in [0.2, 0.25) is 0 Å². The Bertz CT molecular complexity index is 1510. The Labute approximate surface area is 184 Å². The van der Waals surface area contributed by atoms with E-state index in [0.29, 0.717) is 11.5 Å². The van der Waals surface area contributed by atoms with Gasteiger partial charge in [-0.05, 0) is 37.1 Å². The Morgan fingerprint density at radius 3 is 2.25 bits per heavy atom. The number of fused-ring (bicyclic) bond motifs is 3. The third kappa shape index (κ3) is 3.36. The number of para-hydroxylation sites is 3. The van der Waals surface area contributed by atoms with Gasteiger partial charge in [-0.2, -0.15) is 0 Å². The van der Waals surface area contributed by atoms with Crippen molar-refractivity contribution in [3.8, 4) is 11.3 Å². The average molecular weight is 422 g/mol. The van der Waals surface area contributed by atoms with Crippen LogP contribution >= 0.6 is 0 Å². The third-order valence-corrected chi connectivity index (χ3v) is 5.67. The van der Waals surface area contributed by atoms with E-state index in [9.17, 15) is 9.59 Å². The highest BCUT2D eigenvalue weighted by Crippen LogP contribution is 2.23. The van der Waals surface area contributed by atoms with Gasteiger partial charge in [0.05, 0.1) is 16.7 Å². The zero-order valence-electron chi connectivity index (χ0n) is 17.9. The quantitative estimate of drug-likeness (QED) is 0.461. The maximum absolute atomic E-state index is 13.1. The fourth-order valence-electron chi connectivity index (χ4n) is 4.11. The molecule has 5 aromatic rings. The van der Waals surface area contributed by atoms with Gasteiger partial charge in [0.2, 0.25) is 11.7 Å². The van der Waals surface area contributed by atoms with E-state index in [0.717, 1.165) is 33.4 Å². The molecule has 0 aliphatic rings. The molecule has 3 aromatic carbocycles. The van der Waals surface area contributed by atoms with Crippen molar-refractivity contribution in [2.75, 3.05) is 5.32 Å². The smallest absolute Gasteiger partial charge is 0.260 e. The zero-order chi connectivity index (χ0) is 22.2. The van der Waals surface area contributed by atoms with E-state index < -0.39 is 0 Å². The van der Waals surface area contributed by atoms with Crippen molar-refractivity contribution in [2.24, 2.45) is 0 Å². The lowest BCUT2D eigenvalue weighted by Gasteiger charge is -2.12. The molecule has 0 unspecified atom stereocenters. The number of amides is 1. The lowest BCUT2D eigenvalue weighted by Crippen LogP contribution is -2.21. The summed E-state index contributed by atoms with van der Waals surface area (Å²) in [6, 6.07) is 24.5. The lowest BCUT2D eigenvalue weighted by molar-refractivity contribution is -0.116. The summed E-state index contributed by atoms with van der Waals surface area (Å²) in [6.45, 7) is 3.97. The van der Waals surface area contributed by atoms with Gasteiger partial charge in [-0.15, -0.1) is 0 Å². The first-order valence-corrected chi connectivity index (χ1v) is 10.5. The van der Waals surface area contributed by atoms with Crippen LogP contribution in [0.15, 0.2) is 83.7 Å². The molecule has 0 spiro atoms. The molecule has 2 aromatic heterocycles. The van der Waals surface area contributed by atoms with Crippen molar-refractivity contribution in [2.45, 2.75) is 20.4 Å². The number of carbonyl (C=O) groups excluding carboxylic acids is 1. The molecule has 0 radical (unpaired) electrons. The summed E-state index contributed by atoms with van der Waals surface area (Å²) >= 11 is 0. The molecule has 0 aliphatic carbocycles. The van der Waals surface area contributed by atoms with E-state index >= 15 is 0 Å². The van der Waals surface area contributed by atoms with Crippen molar-refractivity contribution in [1.82, 2.24) is 14.0 Å². The Morgan fingerprint density at radius 1 is 0.875 bits per heavy atom. The van der Waals surface area contributed by atoms with E-state index in [-0.39, 0.29) is 18.0 Å². The molecule has 32 heavy (non-hydrogen) atoms. The molecule has 0 saturated heterocycles. The van der Waals surface area contributed by atoms with Crippen LogP contribution in [0.1, 0.15) is 11.1 Å². The number of aryl methyl sites for hydroxylation is 2. The highest BCUT2D eigenvalue weighted by Gasteiger charge is 2.17. The summed E-state index contributed by atoms with van der Waals surface area (Å²) in [7, 11) is 0. The summed E-state index contributed by atoms with van der Waals surface area (Å²) in [5.41, 5.74) is 5.56. The fraction of sp³-hybridized carbons (Fsp3) is 0.115. The van der Waals surface area contributed by atoms with Crippen molar-refractivity contribution in [3.05, 3.63) is 100 Å². The molecule has 6 heteroatoms. The van der Waals surface area contributed by atoms with Crippen LogP contribution in [0, 0.1) is 13.8 Å². The number of hydrogen-bond acceptors (Lipinski definition) is 3. The van der Waals surface area contributed by atoms with E-state index in [2.05, 4.69) is 5.32 Å². The molecule has 5 rings (SSSR count). The predicted molar refractivity (Wildman–Crippen MR) is 127 cm³/mol. The molecule has 2 heterocycles. The molecule has 0 saturated carbocycles. The van der Waals surface area contributed by atoms with Gasteiger partial charge >= 0.3 is 0 Å². The number of nitrogens with one attached hydrogen (secondary N) is 1. The second kappa shape index (κ2) is 7.81. The van der Waals surface area contributed by atoms with Gasteiger partial charge in [0, 0.05) is 17.3 Å². The van der Waals surface area contributed by atoms with Gasteiger partial charge in [0.1, 0.15) is 6.54 Å². The van der Waals surface area contributed by atoms with E-state index in [4.69, 9.17) is 4.98 Å². The first-order chi connectivity index (χ1) is 15.5. The monoisotopic (exact) mass is 422 g/mol. The molecule has 0 aliphatic heterocycles. The van der Waals surface area contributed by atoms with Crippen molar-refractivity contribution < 1.29 is 4.79 Å². The Hall–Kier alpha value is -4.19. The summed E-state index contributed by atoms with van der Waals surface area (Å²) < 4.78 is 3.36. The maximum Gasteiger partial charge on any atom is 0.260 e. The first-order valence-electron chi connectivity index (χ1n) is 10.5. The van der Waals surface area contributed by atoms with Crippen LogP contribution in [0.3, 0.4) is 0 Å². The Balaban J connectivity index is 1.65. The van der Waals surface area contributed by atoms with Crippen molar-refractivity contribution in [1.29, 1.82) is 0 Å². The normalized spacial score (nSPS) is 11.2. The minimum Gasteiger partial charge on any atom is -0.324 e. The van der Waals surface area contributed by atoms with Gasteiger partial charge in [0.15, 0.2) is 0 Å². The highest BCUT2D eigenvalue weighted by atomic mass is 16.2. The van der Waals surface area contributed by atoms with Crippen LogP contribution in [0.5, 0.6) is 0 Å². The Kier molecular flexibility index (Phi) is 4.82. The SMILES string of the molecule is Cc1cccc(C)c1NC(=O)Cn1c2ccccc2n2c(=O)cc(-c3ccccc3)nc12. The molecular weight excluding hydrogens is 400 g/mol. The summed E-state index contributed by atoms with van der Waals surface area (Å²) in [5.74, 6) is 0.263. The van der Waals surface area contributed by atoms with Gasteiger partial charge in [-0.1, -0.05) is 60.7 Å². The zero-order valence-corrected chi connectivity index (χ0v) is 17.9. The molecule has 1 N–H and O–H groups in total. The number of benzene rings is 3. The van der Waals surface area contributed by atoms with Crippen LogP contribution in [0.4, 0.5) is 5.69 Å². The van der Waals surface area contributed by atoms with Gasteiger partial charge in [-0.3, -0.25) is 9.59 Å². The highest BCUT2D eigenvalue weighted by molar-refractivity contribution is 5.94. The summed E-state index contributed by atoms with van der Waals surface area (Å²) in [4.78, 5) is 30.9. The predicted octanol–water partition coefficient (Wildman–Crippen LogP) is 4.57. The number of anilines is 1. The standard InChI is InChI=1S/C26H22N4O2/c1-17-9-8-10-18(2)25(17)28-23(31)16-29-21-13-6-7-14-22(21)30-24(32)15-20(27-26(29)30)19-11-4-3-5-12-19/h3-15H,16H2,1-2H3,(H,28,31). The molecular formula is C26H22N4O2. The molecule has 0 bridgehead atoms. The summed E-state index contributed by atoms with van der Waals surface area (Å²) in [6.07, 6.45) is 0. The van der Waals surface area contributed by atoms with Crippen LogP contribution in [-0.4, -0.2) is 19.9 Å². The van der Waals surface area contributed by atoms with Crippen LogP contribution in [-0.2, 0) is 11.3 Å². The summed E-state index contributed by atoms with van der Waals surface area (Å²) in [5, 5.41) is 3.03. The second-order valence-corrected chi connectivity index (χ2v) is 7.87. The van der Waals surface area contributed by atoms with E-state index in [1.165, 1.54) is 6.07 Å². The van der Waals surface area contributed by atoms with Gasteiger partial charge in [-0.25, -0.2) is 9.38 Å². The van der Waals surface area contributed by atoms with Gasteiger partial charge in [0.25, 0.3) is 5.56 Å². The topological polar surface area (TPSA) is 68.4 Å². The molecule has 1 amide bonds. The molecule has 6 nitrogen and oxygen atoms in total. The number of imidazole rings is 1. The number of nitrogens with zero attached hydrogens (tertiary/aromatic N) is 3. The van der Waals surface area contributed by atoms with E-state index in [1.807, 2.05) is 86.6 Å². The fourth-order valence-corrected chi connectivity index (χ4v) is 4.11. The van der Waals surface area contributed by atoms with Crippen molar-refractivity contribution in [3.63, 3.8) is 0 Å². The third-order valence-electron chi connectivity index (χ3n) is 5.67. The minimum absolute atomic E-state index is 0.0372. The number of rotatable bonds is 4. The number of carbonyl (C=O) groups is 1. The van der Waals surface area contributed by atoms with Crippen molar-refractivity contribution >= 4 is 28.4 Å². The van der Waals surface area contributed by atoms with Gasteiger partial charge < -0.3 is 9.88 Å². The van der Waals surface area contributed by atoms with Crippen LogP contribution in [0.25, 0.3) is 28.1 Å². The second-order valence-electron chi connectivity index (χ2n) is 7.87. The lowest BCUT2D eigenvalue weighted by atomic mass is 10.1. The maximum atomic E-state index is 13.1. The Morgan fingerprint density at radius 2 is 1.53 bits per heavy atom. The molecule has 0 atom stereocenters.